The Bertz CT molecular complexity index is 1280. The van der Waals surface area contributed by atoms with Crippen molar-refractivity contribution in [2.45, 2.75) is 80.1 Å². The summed E-state index contributed by atoms with van der Waals surface area (Å²) in [5, 5.41) is 30.9. The van der Waals surface area contributed by atoms with E-state index in [1.165, 1.54) is 22.3 Å². The molecule has 41 heavy (non-hydrogen) atoms. The maximum Gasteiger partial charge on any atom is 2.00 e. The second kappa shape index (κ2) is 13.6. The van der Waals surface area contributed by atoms with Crippen molar-refractivity contribution in [1.82, 2.24) is 0 Å². The third kappa shape index (κ3) is 8.36. The largest absolute Gasteiger partial charge is 2.00 e. The summed E-state index contributed by atoms with van der Waals surface area (Å²) in [6.45, 7) is 21.5. The van der Waals surface area contributed by atoms with E-state index in [0.29, 0.717) is 24.2 Å². The van der Waals surface area contributed by atoms with E-state index in [0.717, 1.165) is 23.0 Å². The van der Waals surface area contributed by atoms with Crippen molar-refractivity contribution in [3.05, 3.63) is 81.9 Å². The summed E-state index contributed by atoms with van der Waals surface area (Å²) in [6.07, 6.45) is 0. The van der Waals surface area contributed by atoms with Crippen LogP contribution in [0.3, 0.4) is 0 Å². The molecule has 0 aromatic heterocycles. The van der Waals surface area contributed by atoms with Crippen molar-refractivity contribution in [2.24, 2.45) is 9.98 Å². The van der Waals surface area contributed by atoms with Crippen LogP contribution in [-0.4, -0.2) is 24.8 Å². The van der Waals surface area contributed by atoms with Crippen molar-refractivity contribution >= 4 is 23.0 Å². The molecule has 0 amide bonds. The zero-order valence-corrected chi connectivity index (χ0v) is 27.0. The first-order chi connectivity index (χ1) is 18.6. The Morgan fingerprint density at radius 2 is 0.854 bits per heavy atom. The number of aryl methyl sites for hydroxylation is 4. The van der Waals surface area contributed by atoms with Crippen LogP contribution in [0.1, 0.15) is 74.9 Å². The average molecular weight is 599 g/mol. The number of hydrogen-bond donors (Lipinski definition) is 2. The summed E-state index contributed by atoms with van der Waals surface area (Å²) in [4.78, 5) is 9.31. The Kier molecular flexibility index (Phi) is 11.2. The molecule has 1 heterocycles. The minimum absolute atomic E-state index is 0. The topological polar surface area (TPSA) is 94.9 Å². The quantitative estimate of drug-likeness (QED) is 0.322. The molecule has 0 bridgehead atoms. The fourth-order valence-electron chi connectivity index (χ4n) is 4.67. The molecule has 2 N–H and O–H groups in total. The van der Waals surface area contributed by atoms with Gasteiger partial charge >= 0.3 is 16.5 Å². The Morgan fingerprint density at radius 1 is 0.561 bits per heavy atom. The SMILES string of the molecule is CC(C)(C)c1ccc(C(C)(C)C)c([O-])c1[O-].Cc1cccc(C)c1NC1=NCCN=C1Nc1c(C)cccc1C.[Ni+2]. The van der Waals surface area contributed by atoms with Gasteiger partial charge in [-0.2, -0.15) is 0 Å². The minimum atomic E-state index is -0.347. The second-order valence-corrected chi connectivity index (χ2v) is 12.6. The maximum absolute atomic E-state index is 12.0. The first-order valence-corrected chi connectivity index (χ1v) is 13.9. The normalized spacial score (nSPS) is 13.2. The molecule has 7 heteroatoms. The number of anilines is 2. The van der Waals surface area contributed by atoms with Gasteiger partial charge in [-0.25, -0.2) is 0 Å². The molecule has 1 aliphatic heterocycles. The van der Waals surface area contributed by atoms with Gasteiger partial charge in [0.05, 0.1) is 13.1 Å². The summed E-state index contributed by atoms with van der Waals surface area (Å²) in [5.41, 5.74) is 7.69. The van der Waals surface area contributed by atoms with Crippen LogP contribution in [0.15, 0.2) is 58.5 Å². The Morgan fingerprint density at radius 3 is 1.12 bits per heavy atom. The number of aliphatic imine (C=N–C) groups is 2. The average Bonchev–Trinajstić information content (AvgIpc) is 2.85. The van der Waals surface area contributed by atoms with Crippen molar-refractivity contribution in [2.75, 3.05) is 23.7 Å². The van der Waals surface area contributed by atoms with E-state index in [1.54, 1.807) is 12.1 Å². The van der Waals surface area contributed by atoms with Crippen LogP contribution in [0.4, 0.5) is 11.4 Å². The Hall–Kier alpha value is -3.31. The first kappa shape index (κ1) is 33.9. The molecule has 4 rings (SSSR count). The molecule has 0 fully saturated rings. The van der Waals surface area contributed by atoms with E-state index in [9.17, 15) is 10.2 Å². The van der Waals surface area contributed by atoms with Crippen LogP contribution in [0.2, 0.25) is 0 Å². The molecule has 3 aromatic carbocycles. The van der Waals surface area contributed by atoms with E-state index >= 15 is 0 Å². The number of hydrogen-bond acceptors (Lipinski definition) is 6. The van der Waals surface area contributed by atoms with E-state index < -0.39 is 0 Å². The van der Waals surface area contributed by atoms with Crippen LogP contribution in [0.5, 0.6) is 11.5 Å². The number of nitrogens with zero attached hydrogens (tertiary/aromatic N) is 2. The van der Waals surface area contributed by atoms with Crippen LogP contribution in [-0.2, 0) is 27.3 Å². The molecule has 0 atom stereocenters. The first-order valence-electron chi connectivity index (χ1n) is 13.9. The molecular formula is C34H44N4NiO2. The smallest absolute Gasteiger partial charge is 0.873 e. The van der Waals surface area contributed by atoms with Crippen LogP contribution in [0.25, 0.3) is 0 Å². The summed E-state index contributed by atoms with van der Waals surface area (Å²) in [6, 6.07) is 16.2. The van der Waals surface area contributed by atoms with Gasteiger partial charge in [0.2, 0.25) is 0 Å². The summed E-state index contributed by atoms with van der Waals surface area (Å²) >= 11 is 0. The third-order valence-electron chi connectivity index (χ3n) is 7.04. The van der Waals surface area contributed by atoms with Crippen molar-refractivity contribution in [3.8, 4) is 11.5 Å². The fraction of sp³-hybridized carbons (Fsp3) is 0.412. The number of rotatable bonds is 2. The van der Waals surface area contributed by atoms with Gasteiger partial charge in [0, 0.05) is 11.4 Å². The summed E-state index contributed by atoms with van der Waals surface area (Å²) < 4.78 is 0. The van der Waals surface area contributed by atoms with Crippen LogP contribution < -0.4 is 20.8 Å². The van der Waals surface area contributed by atoms with Gasteiger partial charge in [-0.15, -0.1) is 11.5 Å². The number of nitrogens with one attached hydrogen (secondary N) is 2. The number of amidine groups is 2. The van der Waals surface area contributed by atoms with Crippen LogP contribution in [0, 0.1) is 27.7 Å². The molecule has 0 unspecified atom stereocenters. The predicted molar refractivity (Wildman–Crippen MR) is 166 cm³/mol. The van der Waals surface area contributed by atoms with E-state index in [1.807, 2.05) is 41.5 Å². The third-order valence-corrected chi connectivity index (χ3v) is 7.04. The molecule has 3 aromatic rings. The van der Waals surface area contributed by atoms with Gasteiger partial charge in [-0.3, -0.25) is 9.98 Å². The van der Waals surface area contributed by atoms with Gasteiger partial charge in [0.15, 0.2) is 11.7 Å². The molecule has 222 valence electrons. The number of para-hydroxylation sites is 2. The molecular weight excluding hydrogens is 555 g/mol. The molecule has 0 spiro atoms. The second-order valence-electron chi connectivity index (χ2n) is 12.6. The van der Waals surface area contributed by atoms with Crippen molar-refractivity contribution < 1.29 is 26.7 Å². The molecule has 0 saturated heterocycles. The maximum atomic E-state index is 12.0. The molecule has 1 aliphatic rings. The zero-order valence-electron chi connectivity index (χ0n) is 26.1. The molecule has 6 nitrogen and oxygen atoms in total. The minimum Gasteiger partial charge on any atom is -0.873 e. The molecule has 0 saturated carbocycles. The summed E-state index contributed by atoms with van der Waals surface area (Å²) in [5.74, 6) is 0.919. The Labute approximate surface area is 256 Å². The van der Waals surface area contributed by atoms with Gasteiger partial charge in [0.25, 0.3) is 0 Å². The van der Waals surface area contributed by atoms with Gasteiger partial charge in [0.1, 0.15) is 0 Å². The fourth-order valence-corrected chi connectivity index (χ4v) is 4.67. The monoisotopic (exact) mass is 598 g/mol. The van der Waals surface area contributed by atoms with E-state index in [-0.39, 0.29) is 38.8 Å². The standard InChI is InChI=1S/C20H24N4.C14H22O2.Ni/c1-13-7-5-8-14(2)17(13)23-19-20(22-12-11-21-19)24-18-15(3)9-6-10-16(18)4;1-13(2,3)9-7-8-10(14(4,5)6)12(16)11(9)15;/h5-10H,11-12H2,1-4H3,(H,21,23)(H,22,24);7-8,15-16H,1-6H3;/q;;+2/p-2. The summed E-state index contributed by atoms with van der Waals surface area (Å²) in [7, 11) is 0. The van der Waals surface area contributed by atoms with E-state index in [4.69, 9.17) is 0 Å². The van der Waals surface area contributed by atoms with Crippen molar-refractivity contribution in [3.63, 3.8) is 0 Å². The zero-order chi connectivity index (χ0) is 29.8. The van der Waals surface area contributed by atoms with Crippen molar-refractivity contribution in [1.29, 1.82) is 0 Å². The molecule has 0 radical (unpaired) electrons. The van der Waals surface area contributed by atoms with E-state index in [2.05, 4.69) is 84.7 Å². The number of benzene rings is 3. The van der Waals surface area contributed by atoms with Gasteiger partial charge in [-0.1, -0.05) is 101 Å². The van der Waals surface area contributed by atoms with Gasteiger partial charge < -0.3 is 20.8 Å². The molecule has 0 aliphatic carbocycles. The Balaban J connectivity index is 0.000000304. The predicted octanol–water partition coefficient (Wildman–Crippen LogP) is 6.68. The van der Waals surface area contributed by atoms with Gasteiger partial charge in [-0.05, 0) is 60.8 Å². The van der Waals surface area contributed by atoms with Crippen LogP contribution >= 0.6 is 0 Å².